The Kier molecular flexibility index (Phi) is 9.53. The molecule has 10 heteroatoms. The molecule has 40 heavy (non-hydrogen) atoms. The molecule has 9 nitrogen and oxygen atoms in total. The largest absolute Gasteiger partial charge is 0.490 e. The molecule has 2 aliphatic rings. The standard InChI is InChI=1S/C30H41N3O6S/c1-5-38-28(34)27(21-23-9-11-24(12-10-23)39-25-15-19-32(4)20-16-25)31-29(35)30(3)17-6-18-33(30)40(36,37)26-13-7-22(2)8-14-26/h7-14,25,27H,5-6,15-21H2,1-4H3,(H,31,35)/t27-,30-/m0/s1. The third-order valence-corrected chi connectivity index (χ3v) is 9.92. The van der Waals surface area contributed by atoms with Crippen molar-refractivity contribution in [2.24, 2.45) is 0 Å². The lowest BCUT2D eigenvalue weighted by Crippen LogP contribution is -2.58. The van der Waals surface area contributed by atoms with Crippen LogP contribution in [-0.4, -0.2) is 80.5 Å². The van der Waals surface area contributed by atoms with Crippen LogP contribution in [0.25, 0.3) is 0 Å². The average Bonchev–Trinajstić information content (AvgIpc) is 3.35. The Hall–Kier alpha value is -2.95. The Morgan fingerprint density at radius 3 is 2.33 bits per heavy atom. The molecular weight excluding hydrogens is 530 g/mol. The topological polar surface area (TPSA) is 105 Å². The first kappa shape index (κ1) is 30.0. The maximum absolute atomic E-state index is 13.7. The van der Waals surface area contributed by atoms with Crippen molar-refractivity contribution in [3.63, 3.8) is 0 Å². The number of hydrogen-bond acceptors (Lipinski definition) is 7. The number of aryl methyl sites for hydroxylation is 1. The van der Waals surface area contributed by atoms with Crippen molar-refractivity contribution in [3.8, 4) is 5.75 Å². The first-order valence-electron chi connectivity index (χ1n) is 14.0. The molecule has 2 atom stereocenters. The van der Waals surface area contributed by atoms with Gasteiger partial charge in [-0.25, -0.2) is 13.2 Å². The van der Waals surface area contributed by atoms with Crippen molar-refractivity contribution in [1.82, 2.24) is 14.5 Å². The molecule has 1 N–H and O–H groups in total. The number of likely N-dealkylation sites (tertiary alicyclic amines) is 1. The van der Waals surface area contributed by atoms with Crippen LogP contribution in [0.4, 0.5) is 0 Å². The maximum Gasteiger partial charge on any atom is 0.328 e. The highest BCUT2D eigenvalue weighted by Gasteiger charge is 2.50. The molecule has 2 fully saturated rings. The highest BCUT2D eigenvalue weighted by atomic mass is 32.2. The molecule has 2 aliphatic heterocycles. The molecular formula is C30H41N3O6S. The fourth-order valence-electron chi connectivity index (χ4n) is 5.37. The molecule has 0 radical (unpaired) electrons. The van der Waals surface area contributed by atoms with E-state index in [4.69, 9.17) is 9.47 Å². The van der Waals surface area contributed by atoms with Crippen molar-refractivity contribution in [2.75, 3.05) is 33.3 Å². The Morgan fingerprint density at radius 1 is 1.05 bits per heavy atom. The second-order valence-electron chi connectivity index (χ2n) is 11.0. The molecule has 2 saturated heterocycles. The highest BCUT2D eigenvalue weighted by Crippen LogP contribution is 2.35. The van der Waals surface area contributed by atoms with Gasteiger partial charge in [0.1, 0.15) is 23.4 Å². The normalized spacial score (nSPS) is 21.6. The van der Waals surface area contributed by atoms with E-state index < -0.39 is 33.5 Å². The van der Waals surface area contributed by atoms with E-state index in [1.165, 1.54) is 4.31 Å². The number of carbonyl (C=O) groups excluding carboxylic acids is 2. The summed E-state index contributed by atoms with van der Waals surface area (Å²) in [6.45, 7) is 7.62. The molecule has 2 heterocycles. The van der Waals surface area contributed by atoms with Crippen LogP contribution in [-0.2, 0) is 30.8 Å². The van der Waals surface area contributed by atoms with Gasteiger partial charge in [-0.05, 0) is 83.3 Å². The minimum absolute atomic E-state index is 0.142. The zero-order valence-corrected chi connectivity index (χ0v) is 24.7. The summed E-state index contributed by atoms with van der Waals surface area (Å²) in [5.74, 6) is -0.302. The van der Waals surface area contributed by atoms with Gasteiger partial charge >= 0.3 is 5.97 Å². The zero-order valence-electron chi connectivity index (χ0n) is 23.9. The number of piperidine rings is 1. The minimum atomic E-state index is -3.91. The van der Waals surface area contributed by atoms with E-state index in [9.17, 15) is 18.0 Å². The molecule has 0 unspecified atom stereocenters. The number of ether oxygens (including phenoxy) is 2. The van der Waals surface area contributed by atoms with E-state index >= 15 is 0 Å². The van der Waals surface area contributed by atoms with Crippen molar-refractivity contribution in [2.45, 2.75) is 75.5 Å². The van der Waals surface area contributed by atoms with E-state index in [0.717, 1.165) is 42.8 Å². The predicted molar refractivity (Wildman–Crippen MR) is 153 cm³/mol. The summed E-state index contributed by atoms with van der Waals surface area (Å²) in [7, 11) is -1.81. The molecule has 4 rings (SSSR count). The number of carbonyl (C=O) groups is 2. The Bertz CT molecular complexity index is 1270. The number of benzene rings is 2. The number of sulfonamides is 1. The van der Waals surface area contributed by atoms with Crippen LogP contribution in [0.15, 0.2) is 53.4 Å². The van der Waals surface area contributed by atoms with Gasteiger partial charge in [-0.1, -0.05) is 29.8 Å². The first-order valence-corrected chi connectivity index (χ1v) is 15.5. The third-order valence-electron chi connectivity index (χ3n) is 7.88. The summed E-state index contributed by atoms with van der Waals surface area (Å²) in [5.41, 5.74) is 0.439. The average molecular weight is 572 g/mol. The lowest BCUT2D eigenvalue weighted by molar-refractivity contribution is -0.148. The SMILES string of the molecule is CCOC(=O)[C@H](Cc1ccc(OC2CCN(C)CC2)cc1)NC(=O)[C@]1(C)CCCN1S(=O)(=O)c1ccc(C)cc1. The quantitative estimate of drug-likeness (QED) is 0.437. The fourth-order valence-corrected chi connectivity index (χ4v) is 7.18. The lowest BCUT2D eigenvalue weighted by atomic mass is 9.97. The van der Waals surface area contributed by atoms with Crippen LogP contribution in [0.1, 0.15) is 50.7 Å². The Balaban J connectivity index is 1.47. The molecule has 1 amide bonds. The minimum Gasteiger partial charge on any atom is -0.490 e. The molecule has 0 bridgehead atoms. The van der Waals surface area contributed by atoms with Crippen molar-refractivity contribution in [3.05, 3.63) is 59.7 Å². The Labute approximate surface area is 237 Å². The Morgan fingerprint density at radius 2 is 1.70 bits per heavy atom. The van der Waals surface area contributed by atoms with Crippen LogP contribution in [0, 0.1) is 6.92 Å². The molecule has 2 aromatic carbocycles. The fraction of sp³-hybridized carbons (Fsp3) is 0.533. The van der Waals surface area contributed by atoms with Crippen LogP contribution < -0.4 is 10.1 Å². The summed E-state index contributed by atoms with van der Waals surface area (Å²) < 4.78 is 39.7. The van der Waals surface area contributed by atoms with Crippen LogP contribution >= 0.6 is 0 Å². The maximum atomic E-state index is 13.7. The van der Waals surface area contributed by atoms with Crippen LogP contribution in [0.5, 0.6) is 5.75 Å². The van der Waals surface area contributed by atoms with Gasteiger partial charge in [-0.2, -0.15) is 4.31 Å². The van der Waals surface area contributed by atoms with Gasteiger partial charge in [0.05, 0.1) is 11.5 Å². The molecule has 0 aromatic heterocycles. The van der Waals surface area contributed by atoms with Gasteiger partial charge in [-0.15, -0.1) is 0 Å². The number of nitrogens with zero attached hydrogens (tertiary/aromatic N) is 2. The summed E-state index contributed by atoms with van der Waals surface area (Å²) in [5, 5.41) is 2.82. The van der Waals surface area contributed by atoms with E-state index in [-0.39, 0.29) is 30.6 Å². The van der Waals surface area contributed by atoms with Gasteiger partial charge in [0.25, 0.3) is 0 Å². The summed E-state index contributed by atoms with van der Waals surface area (Å²) in [6.07, 6.45) is 3.23. The van der Waals surface area contributed by atoms with E-state index in [2.05, 4.69) is 17.3 Å². The molecule has 2 aromatic rings. The monoisotopic (exact) mass is 571 g/mol. The number of nitrogens with one attached hydrogen (secondary N) is 1. The van der Waals surface area contributed by atoms with Crippen LogP contribution in [0.3, 0.4) is 0 Å². The third kappa shape index (κ3) is 6.85. The van der Waals surface area contributed by atoms with Crippen molar-refractivity contribution >= 4 is 21.9 Å². The summed E-state index contributed by atoms with van der Waals surface area (Å²) in [6, 6.07) is 13.2. The summed E-state index contributed by atoms with van der Waals surface area (Å²) in [4.78, 5) is 29.0. The van der Waals surface area contributed by atoms with E-state index in [1.807, 2.05) is 31.2 Å². The molecule has 0 aliphatic carbocycles. The van der Waals surface area contributed by atoms with Gasteiger partial charge in [0, 0.05) is 26.1 Å². The molecule has 0 saturated carbocycles. The smallest absolute Gasteiger partial charge is 0.328 e. The van der Waals surface area contributed by atoms with Gasteiger partial charge in [0.2, 0.25) is 15.9 Å². The zero-order chi connectivity index (χ0) is 28.9. The number of esters is 1. The van der Waals surface area contributed by atoms with Gasteiger partial charge in [-0.3, -0.25) is 4.79 Å². The van der Waals surface area contributed by atoms with Gasteiger partial charge < -0.3 is 19.7 Å². The van der Waals surface area contributed by atoms with E-state index in [0.29, 0.717) is 12.8 Å². The van der Waals surface area contributed by atoms with E-state index in [1.54, 1.807) is 38.1 Å². The predicted octanol–water partition coefficient (Wildman–Crippen LogP) is 3.30. The lowest BCUT2D eigenvalue weighted by Gasteiger charge is -2.34. The second kappa shape index (κ2) is 12.7. The molecule has 218 valence electrons. The van der Waals surface area contributed by atoms with Crippen molar-refractivity contribution in [1.29, 1.82) is 0 Å². The van der Waals surface area contributed by atoms with Gasteiger partial charge in [0.15, 0.2) is 0 Å². The second-order valence-corrected chi connectivity index (χ2v) is 12.9. The number of rotatable bonds is 10. The summed E-state index contributed by atoms with van der Waals surface area (Å²) >= 11 is 0. The number of amides is 1. The van der Waals surface area contributed by atoms with Crippen molar-refractivity contribution < 1.29 is 27.5 Å². The highest BCUT2D eigenvalue weighted by molar-refractivity contribution is 7.89. The number of hydrogen-bond donors (Lipinski definition) is 1. The molecule has 0 spiro atoms. The van der Waals surface area contributed by atoms with Crippen LogP contribution in [0.2, 0.25) is 0 Å². The first-order chi connectivity index (χ1) is 19.0.